The fraction of sp³-hybridized carbons (Fsp3) is 0.182. The first-order chi connectivity index (χ1) is 13.6. The highest BCUT2D eigenvalue weighted by Crippen LogP contribution is 2.25. The lowest BCUT2D eigenvalue weighted by Crippen LogP contribution is -2.24. The van der Waals surface area contributed by atoms with Crippen LogP contribution >= 0.6 is 0 Å². The van der Waals surface area contributed by atoms with Gasteiger partial charge in [0.25, 0.3) is 0 Å². The molecule has 6 nitrogen and oxygen atoms in total. The lowest BCUT2D eigenvalue weighted by Gasteiger charge is -2.26. The summed E-state index contributed by atoms with van der Waals surface area (Å²) in [7, 11) is 3.25. The van der Waals surface area contributed by atoms with Gasteiger partial charge in [0.15, 0.2) is 5.69 Å². The van der Waals surface area contributed by atoms with Crippen LogP contribution in [0.25, 0.3) is 0 Å². The van der Waals surface area contributed by atoms with Gasteiger partial charge in [-0.25, -0.2) is 9.78 Å². The summed E-state index contributed by atoms with van der Waals surface area (Å²) in [6.45, 7) is 1.06. The second-order valence-corrected chi connectivity index (χ2v) is 6.23. The lowest BCUT2D eigenvalue weighted by atomic mass is 10.1. The number of anilines is 1. The van der Waals surface area contributed by atoms with Gasteiger partial charge in [-0.2, -0.15) is 0 Å². The molecule has 0 spiro atoms. The molecule has 1 heterocycles. The molecular weight excluding hydrogens is 356 g/mol. The number of pyridine rings is 1. The third-order valence-corrected chi connectivity index (χ3v) is 4.39. The van der Waals surface area contributed by atoms with E-state index in [-0.39, 0.29) is 5.69 Å². The van der Waals surface area contributed by atoms with E-state index < -0.39 is 5.97 Å². The Hall–Kier alpha value is -3.54. The van der Waals surface area contributed by atoms with Crippen molar-refractivity contribution in [3.05, 3.63) is 83.7 Å². The first kappa shape index (κ1) is 19.2. The summed E-state index contributed by atoms with van der Waals surface area (Å²) in [6.07, 6.45) is 1.49. The normalized spacial score (nSPS) is 10.4. The van der Waals surface area contributed by atoms with Crippen LogP contribution in [-0.2, 0) is 13.1 Å². The summed E-state index contributed by atoms with van der Waals surface area (Å²) < 4.78 is 10.4. The van der Waals surface area contributed by atoms with Crippen molar-refractivity contribution in [2.24, 2.45) is 0 Å². The number of carboxylic acids is 1. The highest BCUT2D eigenvalue weighted by molar-refractivity contribution is 5.92. The number of rotatable bonds is 8. The Kier molecular flexibility index (Phi) is 6.11. The Labute approximate surface area is 164 Å². The summed E-state index contributed by atoms with van der Waals surface area (Å²) in [5.41, 5.74) is 2.68. The molecule has 1 aromatic heterocycles. The van der Waals surface area contributed by atoms with Crippen molar-refractivity contribution in [2.45, 2.75) is 13.1 Å². The first-order valence-corrected chi connectivity index (χ1v) is 8.80. The van der Waals surface area contributed by atoms with Crippen molar-refractivity contribution < 1.29 is 19.4 Å². The second kappa shape index (κ2) is 8.90. The van der Waals surface area contributed by atoms with Gasteiger partial charge in [-0.15, -0.1) is 0 Å². The van der Waals surface area contributed by atoms with Crippen molar-refractivity contribution in [1.82, 2.24) is 4.98 Å². The predicted molar refractivity (Wildman–Crippen MR) is 107 cm³/mol. The number of aromatic carboxylic acids is 1. The van der Waals surface area contributed by atoms with E-state index in [1.54, 1.807) is 26.4 Å². The van der Waals surface area contributed by atoms with Crippen molar-refractivity contribution in [3.63, 3.8) is 0 Å². The summed E-state index contributed by atoms with van der Waals surface area (Å²) in [5, 5.41) is 9.56. The van der Waals surface area contributed by atoms with Crippen LogP contribution in [0.1, 0.15) is 21.6 Å². The molecule has 0 amide bonds. The molecule has 0 bridgehead atoms. The van der Waals surface area contributed by atoms with Gasteiger partial charge in [0.05, 0.1) is 19.9 Å². The van der Waals surface area contributed by atoms with E-state index >= 15 is 0 Å². The quantitative estimate of drug-likeness (QED) is 0.639. The van der Waals surface area contributed by atoms with Crippen LogP contribution in [0.3, 0.4) is 0 Å². The minimum absolute atomic E-state index is 0.0320. The molecule has 0 saturated heterocycles. The van der Waals surface area contributed by atoms with Gasteiger partial charge in [-0.05, 0) is 47.5 Å². The molecule has 144 valence electrons. The molecule has 0 saturated carbocycles. The number of benzene rings is 2. The fourth-order valence-corrected chi connectivity index (χ4v) is 2.95. The Morgan fingerprint density at radius 2 is 1.39 bits per heavy atom. The maximum Gasteiger partial charge on any atom is 0.356 e. The molecular formula is C22H22N2O4. The third kappa shape index (κ3) is 4.59. The van der Waals surface area contributed by atoms with E-state index in [4.69, 9.17) is 9.47 Å². The van der Waals surface area contributed by atoms with Crippen LogP contribution in [0.5, 0.6) is 11.5 Å². The average Bonchev–Trinajstić information content (AvgIpc) is 2.74. The van der Waals surface area contributed by atoms with Crippen LogP contribution in [0.2, 0.25) is 0 Å². The highest BCUT2D eigenvalue weighted by atomic mass is 16.5. The zero-order valence-corrected chi connectivity index (χ0v) is 15.8. The van der Waals surface area contributed by atoms with Gasteiger partial charge in [0.1, 0.15) is 11.5 Å². The van der Waals surface area contributed by atoms with Gasteiger partial charge >= 0.3 is 5.97 Å². The number of ether oxygens (including phenoxy) is 2. The maximum absolute atomic E-state index is 11.7. The summed E-state index contributed by atoms with van der Waals surface area (Å²) in [5.74, 6) is 0.501. The molecule has 0 unspecified atom stereocenters. The molecule has 3 rings (SSSR count). The molecule has 0 radical (unpaired) electrons. The molecule has 0 atom stereocenters. The zero-order valence-electron chi connectivity index (χ0n) is 15.8. The van der Waals surface area contributed by atoms with Crippen LogP contribution in [-0.4, -0.2) is 30.3 Å². The Balaban J connectivity index is 1.93. The van der Waals surface area contributed by atoms with E-state index in [2.05, 4.69) is 4.98 Å². The summed E-state index contributed by atoms with van der Waals surface area (Å²) in [4.78, 5) is 17.7. The highest BCUT2D eigenvalue weighted by Gasteiger charge is 2.18. The van der Waals surface area contributed by atoms with E-state index in [1.165, 1.54) is 6.20 Å². The van der Waals surface area contributed by atoms with Crippen LogP contribution < -0.4 is 14.4 Å². The standard InChI is InChI=1S/C22H22N2O4/c1-27-18-9-5-16(6-10-18)14-24(15-17-7-11-19(28-2)12-8-17)20-4-3-13-23-21(20)22(25)26/h3-13H,14-15H2,1-2H3,(H,25,26). The van der Waals surface area contributed by atoms with Gasteiger partial charge in [-0.3, -0.25) is 0 Å². The summed E-state index contributed by atoms with van der Waals surface area (Å²) >= 11 is 0. The molecule has 0 aliphatic rings. The Morgan fingerprint density at radius 3 is 1.82 bits per heavy atom. The van der Waals surface area contributed by atoms with E-state index in [0.717, 1.165) is 22.6 Å². The van der Waals surface area contributed by atoms with E-state index in [1.807, 2.05) is 53.4 Å². The van der Waals surface area contributed by atoms with E-state index in [9.17, 15) is 9.90 Å². The number of aromatic nitrogens is 1. The molecule has 2 aromatic carbocycles. The fourth-order valence-electron chi connectivity index (χ4n) is 2.95. The molecule has 0 aliphatic heterocycles. The zero-order chi connectivity index (χ0) is 19.9. The minimum atomic E-state index is -1.05. The summed E-state index contributed by atoms with van der Waals surface area (Å²) in [6, 6.07) is 19.0. The van der Waals surface area contributed by atoms with Crippen molar-refractivity contribution >= 4 is 11.7 Å². The molecule has 0 fully saturated rings. The maximum atomic E-state index is 11.7. The van der Waals surface area contributed by atoms with Gasteiger partial charge in [-0.1, -0.05) is 24.3 Å². The number of hydrogen-bond acceptors (Lipinski definition) is 5. The van der Waals surface area contributed by atoms with Crippen LogP contribution in [0.4, 0.5) is 5.69 Å². The van der Waals surface area contributed by atoms with Crippen molar-refractivity contribution in [3.8, 4) is 11.5 Å². The smallest absolute Gasteiger partial charge is 0.356 e. The van der Waals surface area contributed by atoms with Crippen LogP contribution in [0.15, 0.2) is 66.9 Å². The SMILES string of the molecule is COc1ccc(CN(Cc2ccc(OC)cc2)c2cccnc2C(=O)O)cc1. The Bertz CT molecular complexity index is 875. The number of nitrogens with zero attached hydrogens (tertiary/aromatic N) is 2. The topological polar surface area (TPSA) is 71.9 Å². The monoisotopic (exact) mass is 378 g/mol. The third-order valence-electron chi connectivity index (χ3n) is 4.39. The molecule has 1 N–H and O–H groups in total. The second-order valence-electron chi connectivity index (χ2n) is 6.23. The predicted octanol–water partition coefficient (Wildman–Crippen LogP) is 4.00. The molecule has 28 heavy (non-hydrogen) atoms. The minimum Gasteiger partial charge on any atom is -0.497 e. The number of carbonyl (C=O) groups is 1. The lowest BCUT2D eigenvalue weighted by molar-refractivity contribution is 0.0691. The van der Waals surface area contributed by atoms with Gasteiger partial charge in [0, 0.05) is 19.3 Å². The number of hydrogen-bond donors (Lipinski definition) is 1. The average molecular weight is 378 g/mol. The van der Waals surface area contributed by atoms with Crippen molar-refractivity contribution in [1.29, 1.82) is 0 Å². The number of methoxy groups -OCH3 is 2. The largest absolute Gasteiger partial charge is 0.497 e. The number of carboxylic acid groups (broad SMARTS) is 1. The Morgan fingerprint density at radius 1 is 0.893 bits per heavy atom. The molecule has 0 aliphatic carbocycles. The van der Waals surface area contributed by atoms with Crippen LogP contribution in [0, 0.1) is 0 Å². The van der Waals surface area contributed by atoms with Gasteiger partial charge in [0.2, 0.25) is 0 Å². The molecule has 3 aromatic rings. The molecule has 6 heteroatoms. The first-order valence-electron chi connectivity index (χ1n) is 8.80. The van der Waals surface area contributed by atoms with Crippen molar-refractivity contribution in [2.75, 3.05) is 19.1 Å². The van der Waals surface area contributed by atoms with Gasteiger partial charge < -0.3 is 19.5 Å². The van der Waals surface area contributed by atoms with E-state index in [0.29, 0.717) is 18.8 Å².